The first-order valence-electron chi connectivity index (χ1n) is 11.1. The second-order valence-corrected chi connectivity index (χ2v) is 8.78. The van der Waals surface area contributed by atoms with Gasteiger partial charge in [0.15, 0.2) is 0 Å². The first kappa shape index (κ1) is 20.7. The predicted molar refractivity (Wildman–Crippen MR) is 114 cm³/mol. The molecule has 1 heterocycles. The Balaban J connectivity index is 1.47. The summed E-state index contributed by atoms with van der Waals surface area (Å²) in [6.45, 7) is 0.837. The first-order chi connectivity index (χ1) is 14.5. The quantitative estimate of drug-likeness (QED) is 0.639. The number of hydrogen-bond donors (Lipinski definition) is 2. The van der Waals surface area contributed by atoms with E-state index in [1.807, 2.05) is 12.1 Å². The maximum atomic E-state index is 13.2. The molecule has 2 amide bonds. The average molecular weight is 414 g/mol. The first-order valence-corrected chi connectivity index (χ1v) is 11.1. The molecule has 2 aliphatic carbocycles. The molecule has 0 radical (unpaired) electrons. The van der Waals surface area contributed by atoms with Crippen molar-refractivity contribution in [3.63, 3.8) is 0 Å². The van der Waals surface area contributed by atoms with Gasteiger partial charge in [-0.2, -0.15) is 0 Å². The van der Waals surface area contributed by atoms with Crippen molar-refractivity contribution in [1.29, 1.82) is 0 Å². The van der Waals surface area contributed by atoms with Crippen LogP contribution in [0.3, 0.4) is 0 Å². The van der Waals surface area contributed by atoms with Gasteiger partial charge in [-0.1, -0.05) is 25.3 Å². The Morgan fingerprint density at radius 1 is 1.13 bits per heavy atom. The number of rotatable bonds is 8. The number of fused-ring (bicyclic) bond motifs is 1. The molecule has 2 fully saturated rings. The van der Waals surface area contributed by atoms with Crippen molar-refractivity contribution in [3.8, 4) is 5.75 Å². The second-order valence-electron chi connectivity index (χ2n) is 8.78. The molecule has 162 valence electrons. The number of hydrogen-bond acceptors (Lipinski definition) is 5. The lowest BCUT2D eigenvalue weighted by Gasteiger charge is -2.29. The van der Waals surface area contributed by atoms with Gasteiger partial charge < -0.3 is 20.3 Å². The number of ketones is 1. The van der Waals surface area contributed by atoms with Crippen LogP contribution in [0.1, 0.15) is 56.4 Å². The molecule has 0 bridgehead atoms. The van der Waals surface area contributed by atoms with Crippen LogP contribution in [0.5, 0.6) is 5.75 Å². The van der Waals surface area contributed by atoms with Gasteiger partial charge in [-0.25, -0.2) is 0 Å². The molecule has 7 nitrogen and oxygen atoms in total. The minimum Gasteiger partial charge on any atom is -0.497 e. The Bertz CT molecular complexity index is 815. The van der Waals surface area contributed by atoms with Gasteiger partial charge in [-0.05, 0) is 43.2 Å². The minimum atomic E-state index is -0.540. The average Bonchev–Trinajstić information content (AvgIpc) is 3.47. The lowest BCUT2D eigenvalue weighted by molar-refractivity contribution is -0.147. The molecule has 30 heavy (non-hydrogen) atoms. The van der Waals surface area contributed by atoms with Crippen LogP contribution in [-0.2, 0) is 14.4 Å². The minimum absolute atomic E-state index is 0.0345. The fourth-order valence-electron chi connectivity index (χ4n) is 4.56. The molecular formula is C23H31N3O4. The summed E-state index contributed by atoms with van der Waals surface area (Å²) in [5, 5.41) is 6.15. The van der Waals surface area contributed by atoms with E-state index in [0.717, 1.165) is 49.8 Å². The van der Waals surface area contributed by atoms with Crippen molar-refractivity contribution in [3.05, 3.63) is 23.8 Å². The molecule has 4 rings (SSSR count). The molecule has 1 aromatic rings. The summed E-state index contributed by atoms with van der Waals surface area (Å²) in [7, 11) is 1.60. The molecule has 2 N–H and O–H groups in total. The number of benzene rings is 1. The number of carbonyl (C=O) groups is 3. The lowest BCUT2D eigenvalue weighted by Crippen LogP contribution is -2.47. The summed E-state index contributed by atoms with van der Waals surface area (Å²) >= 11 is 0. The Kier molecular flexibility index (Phi) is 6.25. The van der Waals surface area contributed by atoms with E-state index in [2.05, 4.69) is 10.6 Å². The maximum Gasteiger partial charge on any atom is 0.291 e. The van der Waals surface area contributed by atoms with Crippen molar-refractivity contribution < 1.29 is 19.1 Å². The largest absolute Gasteiger partial charge is 0.497 e. The van der Waals surface area contributed by atoms with E-state index in [0.29, 0.717) is 24.8 Å². The van der Waals surface area contributed by atoms with E-state index in [9.17, 15) is 14.4 Å². The molecule has 0 aromatic heterocycles. The third-order valence-electron chi connectivity index (χ3n) is 6.43. The van der Waals surface area contributed by atoms with E-state index in [4.69, 9.17) is 4.74 Å². The summed E-state index contributed by atoms with van der Waals surface area (Å²) in [5.41, 5.74) is 1.64. The summed E-state index contributed by atoms with van der Waals surface area (Å²) < 4.78 is 5.24. The zero-order valence-electron chi connectivity index (χ0n) is 17.6. The number of anilines is 1. The van der Waals surface area contributed by atoms with Crippen LogP contribution in [0.15, 0.2) is 18.2 Å². The molecular weight excluding hydrogens is 382 g/mol. The fraction of sp³-hybridized carbons (Fsp3) is 0.609. The topological polar surface area (TPSA) is 87.7 Å². The zero-order chi connectivity index (χ0) is 21.1. The van der Waals surface area contributed by atoms with Gasteiger partial charge in [0.25, 0.3) is 5.91 Å². The Morgan fingerprint density at radius 2 is 1.90 bits per heavy atom. The van der Waals surface area contributed by atoms with Crippen LogP contribution < -0.4 is 15.4 Å². The highest BCUT2D eigenvalue weighted by Crippen LogP contribution is 2.35. The van der Waals surface area contributed by atoms with E-state index in [-0.39, 0.29) is 18.5 Å². The third-order valence-corrected chi connectivity index (χ3v) is 6.43. The molecule has 1 aromatic carbocycles. The van der Waals surface area contributed by atoms with Crippen LogP contribution in [0.25, 0.3) is 0 Å². The lowest BCUT2D eigenvalue weighted by atomic mass is 9.88. The SMILES string of the molecule is COc1ccc2c(c1)NCC2C(=O)C(=O)N(CC(=O)NC1CC1)CC1CCCCC1. The number of methoxy groups -OCH3 is 1. The number of ether oxygens (including phenoxy) is 1. The molecule has 1 aliphatic heterocycles. The molecule has 0 saturated heterocycles. The van der Waals surface area contributed by atoms with Crippen LogP contribution in [0, 0.1) is 5.92 Å². The maximum absolute atomic E-state index is 13.2. The summed E-state index contributed by atoms with van der Waals surface area (Å²) in [6, 6.07) is 5.73. The highest BCUT2D eigenvalue weighted by molar-refractivity contribution is 6.38. The van der Waals surface area contributed by atoms with E-state index in [1.165, 1.54) is 11.3 Å². The molecule has 1 unspecified atom stereocenters. The molecule has 2 saturated carbocycles. The monoisotopic (exact) mass is 413 g/mol. The Hall–Kier alpha value is -2.57. The molecule has 7 heteroatoms. The van der Waals surface area contributed by atoms with Crippen LogP contribution >= 0.6 is 0 Å². The van der Waals surface area contributed by atoms with Crippen LogP contribution in [0.4, 0.5) is 5.69 Å². The van der Waals surface area contributed by atoms with Gasteiger partial charge >= 0.3 is 0 Å². The Morgan fingerprint density at radius 3 is 2.60 bits per heavy atom. The summed E-state index contributed by atoms with van der Waals surface area (Å²) in [6.07, 6.45) is 7.61. The van der Waals surface area contributed by atoms with Crippen LogP contribution in [-0.4, -0.2) is 55.3 Å². The van der Waals surface area contributed by atoms with Crippen molar-refractivity contribution in [2.24, 2.45) is 5.92 Å². The van der Waals surface area contributed by atoms with E-state index >= 15 is 0 Å². The molecule has 1 atom stereocenters. The fourth-order valence-corrected chi connectivity index (χ4v) is 4.56. The molecule has 0 spiro atoms. The number of nitrogens with zero attached hydrogens (tertiary/aromatic N) is 1. The highest BCUT2D eigenvalue weighted by atomic mass is 16.5. The van der Waals surface area contributed by atoms with E-state index in [1.54, 1.807) is 13.2 Å². The Labute approximate surface area is 177 Å². The number of nitrogens with one attached hydrogen (secondary N) is 2. The van der Waals surface area contributed by atoms with Gasteiger partial charge in [0.1, 0.15) is 5.75 Å². The van der Waals surface area contributed by atoms with Gasteiger partial charge in [0, 0.05) is 30.9 Å². The highest BCUT2D eigenvalue weighted by Gasteiger charge is 2.37. The zero-order valence-corrected chi connectivity index (χ0v) is 17.6. The van der Waals surface area contributed by atoms with Crippen LogP contribution in [0.2, 0.25) is 0 Å². The van der Waals surface area contributed by atoms with E-state index < -0.39 is 17.6 Å². The predicted octanol–water partition coefficient (Wildman–Crippen LogP) is 2.46. The number of amides is 2. The normalized spacial score (nSPS) is 20.8. The van der Waals surface area contributed by atoms with Crippen molar-refractivity contribution in [1.82, 2.24) is 10.2 Å². The number of Topliss-reactive ketones (excluding diaryl/α,β-unsaturated/α-hetero) is 1. The molecule has 3 aliphatic rings. The van der Waals surface area contributed by atoms with Gasteiger partial charge in [-0.15, -0.1) is 0 Å². The third kappa shape index (κ3) is 4.77. The van der Waals surface area contributed by atoms with Gasteiger partial charge in [-0.3, -0.25) is 14.4 Å². The summed E-state index contributed by atoms with van der Waals surface area (Å²) in [5.74, 6) is -0.606. The number of carbonyl (C=O) groups excluding carboxylic acids is 3. The second kappa shape index (κ2) is 9.06. The van der Waals surface area contributed by atoms with Crippen molar-refractivity contribution >= 4 is 23.3 Å². The summed E-state index contributed by atoms with van der Waals surface area (Å²) in [4.78, 5) is 40.3. The smallest absolute Gasteiger partial charge is 0.291 e. The van der Waals surface area contributed by atoms with Crippen molar-refractivity contribution in [2.45, 2.75) is 56.9 Å². The van der Waals surface area contributed by atoms with Crippen molar-refractivity contribution in [2.75, 3.05) is 32.1 Å². The standard InChI is InChI=1S/C23H31N3O4/c1-30-17-9-10-18-19(12-24-20(18)11-17)22(28)23(29)26(13-15-5-3-2-4-6-15)14-21(27)25-16-7-8-16/h9-11,15-16,19,24H,2-8,12-14H2,1H3,(H,25,27). The van der Waals surface area contributed by atoms with Gasteiger partial charge in [0.05, 0.1) is 19.6 Å². The van der Waals surface area contributed by atoms with Gasteiger partial charge in [0.2, 0.25) is 11.7 Å².